The van der Waals surface area contributed by atoms with E-state index in [1.165, 1.54) is 44.1 Å². The van der Waals surface area contributed by atoms with Crippen LogP contribution in [0.5, 0.6) is 0 Å². The van der Waals surface area contributed by atoms with Crippen LogP contribution in [0.15, 0.2) is 24.3 Å². The van der Waals surface area contributed by atoms with Crippen molar-refractivity contribution in [2.75, 3.05) is 6.54 Å². The van der Waals surface area contributed by atoms with E-state index in [9.17, 15) is 0 Å². The van der Waals surface area contributed by atoms with Gasteiger partial charge in [0.05, 0.1) is 0 Å². The Morgan fingerprint density at radius 2 is 1.50 bits per heavy atom. The summed E-state index contributed by atoms with van der Waals surface area (Å²) in [6.45, 7) is 3.13. The Balaban J connectivity index is 1.84. The highest BCUT2D eigenvalue weighted by Gasteiger charge is 2.48. The first-order chi connectivity index (χ1) is 8.72. The van der Waals surface area contributed by atoms with Crippen molar-refractivity contribution in [1.29, 1.82) is 0 Å². The van der Waals surface area contributed by atoms with Crippen LogP contribution in [-0.2, 0) is 11.8 Å². The first-order valence-corrected chi connectivity index (χ1v) is 7.52. The Hall–Kier alpha value is -0.820. The lowest BCUT2D eigenvalue weighted by atomic mass is 9.52. The third-order valence-electron chi connectivity index (χ3n) is 5.81. The summed E-state index contributed by atoms with van der Waals surface area (Å²) in [5, 5.41) is 0. The molecule has 2 bridgehead atoms. The van der Waals surface area contributed by atoms with Gasteiger partial charge in [0.25, 0.3) is 0 Å². The summed E-state index contributed by atoms with van der Waals surface area (Å²) in [6, 6.07) is 9.42. The Morgan fingerprint density at radius 3 is 1.94 bits per heavy atom. The highest BCUT2D eigenvalue weighted by molar-refractivity contribution is 5.31. The summed E-state index contributed by atoms with van der Waals surface area (Å²) in [5.41, 5.74) is 10.0. The van der Waals surface area contributed by atoms with E-state index in [1.807, 2.05) is 0 Å². The SMILES string of the molecule is CCc1ccc(C23CCC(CN)(CC2)CC3)cc1. The van der Waals surface area contributed by atoms with Crippen molar-refractivity contribution < 1.29 is 0 Å². The Kier molecular flexibility index (Phi) is 2.97. The van der Waals surface area contributed by atoms with Crippen LogP contribution in [0.3, 0.4) is 0 Å². The van der Waals surface area contributed by atoms with Crippen LogP contribution in [0.25, 0.3) is 0 Å². The van der Waals surface area contributed by atoms with E-state index in [0.717, 1.165) is 13.0 Å². The molecule has 0 aromatic heterocycles. The number of aryl methyl sites for hydroxylation is 1. The van der Waals surface area contributed by atoms with Gasteiger partial charge in [0.15, 0.2) is 0 Å². The largest absolute Gasteiger partial charge is 0.330 e. The lowest BCUT2D eigenvalue weighted by Crippen LogP contribution is -2.47. The first kappa shape index (κ1) is 12.2. The van der Waals surface area contributed by atoms with Crippen molar-refractivity contribution in [3.8, 4) is 0 Å². The molecule has 4 rings (SSSR count). The van der Waals surface area contributed by atoms with Gasteiger partial charge in [0.1, 0.15) is 0 Å². The van der Waals surface area contributed by atoms with Gasteiger partial charge in [-0.3, -0.25) is 0 Å². The van der Waals surface area contributed by atoms with Gasteiger partial charge in [0, 0.05) is 0 Å². The number of hydrogen-bond donors (Lipinski definition) is 1. The van der Waals surface area contributed by atoms with Gasteiger partial charge in [-0.1, -0.05) is 31.2 Å². The maximum Gasteiger partial charge on any atom is -0.00205 e. The number of nitrogens with two attached hydrogens (primary N) is 1. The van der Waals surface area contributed by atoms with Crippen molar-refractivity contribution in [2.24, 2.45) is 11.1 Å². The Morgan fingerprint density at radius 1 is 0.944 bits per heavy atom. The van der Waals surface area contributed by atoms with Crippen LogP contribution in [0.4, 0.5) is 0 Å². The van der Waals surface area contributed by atoms with Crippen LogP contribution < -0.4 is 5.73 Å². The minimum atomic E-state index is 0.489. The minimum Gasteiger partial charge on any atom is -0.330 e. The van der Waals surface area contributed by atoms with Gasteiger partial charge < -0.3 is 5.73 Å². The van der Waals surface area contributed by atoms with Crippen LogP contribution in [0.1, 0.15) is 56.6 Å². The predicted octanol–water partition coefficient (Wildman–Crippen LogP) is 3.80. The van der Waals surface area contributed by atoms with Gasteiger partial charge in [-0.05, 0) is 73.4 Å². The summed E-state index contributed by atoms with van der Waals surface area (Å²) in [7, 11) is 0. The van der Waals surface area contributed by atoms with Crippen LogP contribution in [0, 0.1) is 5.41 Å². The zero-order chi connectivity index (χ0) is 12.6. The molecule has 0 radical (unpaired) electrons. The second kappa shape index (κ2) is 4.38. The highest BCUT2D eigenvalue weighted by Crippen LogP contribution is 2.57. The fourth-order valence-corrected chi connectivity index (χ4v) is 4.10. The average molecular weight is 243 g/mol. The number of fused-ring (bicyclic) bond motifs is 3. The molecule has 3 aliphatic carbocycles. The molecule has 98 valence electrons. The van der Waals surface area contributed by atoms with Gasteiger partial charge >= 0.3 is 0 Å². The molecular weight excluding hydrogens is 218 g/mol. The maximum absolute atomic E-state index is 5.99. The molecule has 0 heterocycles. The molecule has 0 unspecified atom stereocenters. The van der Waals surface area contributed by atoms with Crippen LogP contribution in [0.2, 0.25) is 0 Å². The number of hydrogen-bond acceptors (Lipinski definition) is 1. The molecule has 3 fully saturated rings. The molecular formula is C17H25N. The van der Waals surface area contributed by atoms with Gasteiger partial charge in [0.2, 0.25) is 0 Å². The van der Waals surface area contributed by atoms with Crippen molar-refractivity contribution in [3.63, 3.8) is 0 Å². The van der Waals surface area contributed by atoms with E-state index in [0.29, 0.717) is 10.8 Å². The molecule has 0 amide bonds. The van der Waals surface area contributed by atoms with Crippen molar-refractivity contribution in [2.45, 2.75) is 57.3 Å². The van der Waals surface area contributed by atoms with E-state index in [-0.39, 0.29) is 0 Å². The van der Waals surface area contributed by atoms with Crippen molar-refractivity contribution >= 4 is 0 Å². The minimum absolute atomic E-state index is 0.489. The summed E-state index contributed by atoms with van der Waals surface area (Å²) >= 11 is 0. The van der Waals surface area contributed by atoms with E-state index < -0.39 is 0 Å². The predicted molar refractivity (Wildman–Crippen MR) is 76.7 cm³/mol. The molecule has 18 heavy (non-hydrogen) atoms. The molecule has 0 aliphatic heterocycles. The van der Waals surface area contributed by atoms with Gasteiger partial charge in [-0.25, -0.2) is 0 Å². The van der Waals surface area contributed by atoms with E-state index in [1.54, 1.807) is 5.56 Å². The van der Waals surface area contributed by atoms with E-state index in [4.69, 9.17) is 5.73 Å². The molecule has 0 spiro atoms. The fourth-order valence-electron chi connectivity index (χ4n) is 4.10. The number of benzene rings is 1. The van der Waals surface area contributed by atoms with Gasteiger partial charge in [-0.15, -0.1) is 0 Å². The van der Waals surface area contributed by atoms with E-state index in [2.05, 4.69) is 31.2 Å². The molecule has 1 aromatic carbocycles. The quantitative estimate of drug-likeness (QED) is 0.858. The van der Waals surface area contributed by atoms with Crippen LogP contribution >= 0.6 is 0 Å². The third kappa shape index (κ3) is 1.80. The van der Waals surface area contributed by atoms with E-state index >= 15 is 0 Å². The maximum atomic E-state index is 5.99. The second-order valence-corrected chi connectivity index (χ2v) is 6.53. The monoisotopic (exact) mass is 243 g/mol. The lowest BCUT2D eigenvalue weighted by molar-refractivity contribution is 0.0471. The average Bonchev–Trinajstić information content (AvgIpc) is 2.49. The summed E-state index contributed by atoms with van der Waals surface area (Å²) in [4.78, 5) is 0. The molecule has 3 saturated carbocycles. The zero-order valence-electron chi connectivity index (χ0n) is 11.5. The molecule has 0 saturated heterocycles. The van der Waals surface area contributed by atoms with Crippen LogP contribution in [-0.4, -0.2) is 6.54 Å². The molecule has 0 atom stereocenters. The third-order valence-corrected chi connectivity index (χ3v) is 5.81. The topological polar surface area (TPSA) is 26.0 Å². The summed E-state index contributed by atoms with van der Waals surface area (Å²) in [5.74, 6) is 0. The Labute approximate surface area is 111 Å². The highest BCUT2D eigenvalue weighted by atomic mass is 14.6. The molecule has 1 heteroatoms. The normalized spacial score (nSPS) is 34.8. The first-order valence-electron chi connectivity index (χ1n) is 7.52. The molecule has 1 aromatic rings. The zero-order valence-corrected chi connectivity index (χ0v) is 11.5. The smallest absolute Gasteiger partial charge is 0.00205 e. The molecule has 2 N–H and O–H groups in total. The molecule has 1 nitrogen and oxygen atoms in total. The lowest BCUT2D eigenvalue weighted by Gasteiger charge is -2.53. The molecule has 3 aliphatic rings. The van der Waals surface area contributed by atoms with Gasteiger partial charge in [-0.2, -0.15) is 0 Å². The summed E-state index contributed by atoms with van der Waals surface area (Å²) in [6.07, 6.45) is 9.25. The summed E-state index contributed by atoms with van der Waals surface area (Å²) < 4.78 is 0. The Bertz CT molecular complexity index is 393. The standard InChI is InChI=1S/C17H25N/c1-2-14-3-5-15(6-4-14)17-10-7-16(13-18,8-11-17)9-12-17/h3-6H,2,7-13,18H2,1H3. The fraction of sp³-hybridized carbons (Fsp3) is 0.647. The number of rotatable bonds is 3. The van der Waals surface area contributed by atoms with Crippen molar-refractivity contribution in [1.82, 2.24) is 0 Å². The van der Waals surface area contributed by atoms with Crippen molar-refractivity contribution in [3.05, 3.63) is 35.4 Å². The second-order valence-electron chi connectivity index (χ2n) is 6.53.